The van der Waals surface area contributed by atoms with Crippen LogP contribution in [-0.2, 0) is 0 Å². The third-order valence-corrected chi connectivity index (χ3v) is 4.76. The van der Waals surface area contributed by atoms with Gasteiger partial charge < -0.3 is 10.2 Å². The van der Waals surface area contributed by atoms with Gasteiger partial charge in [-0.15, -0.1) is 0 Å². The second kappa shape index (κ2) is 6.75. The zero-order valence-electron chi connectivity index (χ0n) is 11.8. The van der Waals surface area contributed by atoms with E-state index in [2.05, 4.69) is 24.1 Å². The minimum atomic E-state index is 0.700. The van der Waals surface area contributed by atoms with E-state index in [9.17, 15) is 0 Å². The molecule has 1 aliphatic heterocycles. The van der Waals surface area contributed by atoms with Crippen molar-refractivity contribution < 1.29 is 0 Å². The molecule has 0 bridgehead atoms. The van der Waals surface area contributed by atoms with Gasteiger partial charge in [0, 0.05) is 12.1 Å². The van der Waals surface area contributed by atoms with Crippen molar-refractivity contribution in [2.45, 2.75) is 70.9 Å². The molecule has 2 rings (SSSR count). The van der Waals surface area contributed by atoms with Crippen LogP contribution in [0.2, 0.25) is 0 Å². The van der Waals surface area contributed by atoms with Gasteiger partial charge in [-0.1, -0.05) is 26.2 Å². The largest absolute Gasteiger partial charge is 0.311 e. The topological polar surface area (TPSA) is 15.3 Å². The molecule has 2 atom stereocenters. The van der Waals surface area contributed by atoms with Gasteiger partial charge in [-0.2, -0.15) is 0 Å². The lowest BCUT2D eigenvalue weighted by molar-refractivity contribution is 0.182. The van der Waals surface area contributed by atoms with Crippen LogP contribution in [0.15, 0.2) is 0 Å². The van der Waals surface area contributed by atoms with Crippen LogP contribution in [0, 0.1) is 5.92 Å². The Bertz CT molecular complexity index is 211. The molecule has 0 spiro atoms. The van der Waals surface area contributed by atoms with Gasteiger partial charge in [-0.25, -0.2) is 0 Å². The molecule has 2 aliphatic rings. The molecule has 1 saturated carbocycles. The van der Waals surface area contributed by atoms with Crippen molar-refractivity contribution in [2.75, 3.05) is 19.6 Å². The van der Waals surface area contributed by atoms with Crippen LogP contribution in [0.4, 0.5) is 0 Å². The Balaban J connectivity index is 1.72. The molecule has 0 amide bonds. The first-order valence-electron chi connectivity index (χ1n) is 7.76. The number of hydrogen-bond donors (Lipinski definition) is 1. The van der Waals surface area contributed by atoms with Crippen molar-refractivity contribution in [3.8, 4) is 0 Å². The Labute approximate surface area is 107 Å². The van der Waals surface area contributed by atoms with Gasteiger partial charge in [-0.05, 0) is 58.2 Å². The van der Waals surface area contributed by atoms with Crippen molar-refractivity contribution in [3.63, 3.8) is 0 Å². The smallest absolute Gasteiger partial charge is 0.00790 e. The molecule has 1 heterocycles. The molecule has 2 nitrogen and oxygen atoms in total. The zero-order valence-corrected chi connectivity index (χ0v) is 11.8. The molecular formula is C15H30N2. The maximum absolute atomic E-state index is 3.75. The molecule has 0 aromatic heterocycles. The van der Waals surface area contributed by atoms with Gasteiger partial charge in [0.05, 0.1) is 0 Å². The first kappa shape index (κ1) is 13.4. The third-order valence-electron chi connectivity index (χ3n) is 4.76. The Kier molecular flexibility index (Phi) is 5.30. The van der Waals surface area contributed by atoms with E-state index in [4.69, 9.17) is 0 Å². The molecule has 1 saturated heterocycles. The highest BCUT2D eigenvalue weighted by molar-refractivity contribution is 4.78. The van der Waals surface area contributed by atoms with Gasteiger partial charge in [-0.3, -0.25) is 0 Å². The van der Waals surface area contributed by atoms with Gasteiger partial charge in [0.15, 0.2) is 0 Å². The average Bonchev–Trinajstić information content (AvgIpc) is 2.25. The van der Waals surface area contributed by atoms with Crippen molar-refractivity contribution in [3.05, 3.63) is 0 Å². The molecule has 2 fully saturated rings. The summed E-state index contributed by atoms with van der Waals surface area (Å²) in [6.07, 6.45) is 9.89. The number of rotatable bonds is 4. The molecule has 1 N–H and O–H groups in total. The fourth-order valence-corrected chi connectivity index (χ4v) is 3.09. The summed E-state index contributed by atoms with van der Waals surface area (Å²) >= 11 is 0. The van der Waals surface area contributed by atoms with E-state index in [-0.39, 0.29) is 0 Å². The molecule has 17 heavy (non-hydrogen) atoms. The molecule has 2 heteroatoms. The summed E-state index contributed by atoms with van der Waals surface area (Å²) in [5.41, 5.74) is 0. The van der Waals surface area contributed by atoms with Gasteiger partial charge in [0.25, 0.3) is 0 Å². The summed E-state index contributed by atoms with van der Waals surface area (Å²) in [6, 6.07) is 1.45. The summed E-state index contributed by atoms with van der Waals surface area (Å²) < 4.78 is 0. The molecule has 100 valence electrons. The second-order valence-electron chi connectivity index (χ2n) is 6.18. The Morgan fingerprint density at radius 1 is 1.12 bits per heavy atom. The number of hydrogen-bond acceptors (Lipinski definition) is 2. The number of nitrogens with one attached hydrogen (secondary N) is 1. The lowest BCUT2D eigenvalue weighted by atomic mass is 9.83. The monoisotopic (exact) mass is 238 g/mol. The molecule has 0 aromatic carbocycles. The second-order valence-corrected chi connectivity index (χ2v) is 6.18. The normalized spacial score (nSPS) is 32.8. The van der Waals surface area contributed by atoms with Crippen molar-refractivity contribution in [1.82, 2.24) is 10.2 Å². The molecule has 2 unspecified atom stereocenters. The maximum atomic E-state index is 3.75. The van der Waals surface area contributed by atoms with E-state index < -0.39 is 0 Å². The summed E-state index contributed by atoms with van der Waals surface area (Å²) in [5, 5.41) is 3.75. The minimum absolute atomic E-state index is 0.700. The standard InChI is InChI=1S/C15H30N2/c1-3-15-9-12-17(10-7-13(2)16-15)11-8-14-5-4-6-14/h13-16H,3-12H2,1-2H3. The lowest BCUT2D eigenvalue weighted by Crippen LogP contribution is -2.44. The quantitative estimate of drug-likeness (QED) is 0.810. The summed E-state index contributed by atoms with van der Waals surface area (Å²) in [4.78, 5) is 2.72. The van der Waals surface area contributed by atoms with Gasteiger partial charge >= 0.3 is 0 Å². The number of nitrogens with zero attached hydrogens (tertiary/aromatic N) is 1. The van der Waals surface area contributed by atoms with Crippen LogP contribution in [0.25, 0.3) is 0 Å². The first-order chi connectivity index (χ1) is 8.28. The van der Waals surface area contributed by atoms with Crippen molar-refractivity contribution in [1.29, 1.82) is 0 Å². The third kappa shape index (κ3) is 4.26. The van der Waals surface area contributed by atoms with Crippen LogP contribution in [-0.4, -0.2) is 36.6 Å². The minimum Gasteiger partial charge on any atom is -0.311 e. The van der Waals surface area contributed by atoms with Crippen LogP contribution in [0.5, 0.6) is 0 Å². The van der Waals surface area contributed by atoms with Crippen molar-refractivity contribution >= 4 is 0 Å². The molecular weight excluding hydrogens is 208 g/mol. The van der Waals surface area contributed by atoms with E-state index >= 15 is 0 Å². The maximum Gasteiger partial charge on any atom is 0.00790 e. The Morgan fingerprint density at radius 2 is 1.88 bits per heavy atom. The summed E-state index contributed by atoms with van der Waals surface area (Å²) in [5.74, 6) is 1.07. The van der Waals surface area contributed by atoms with Crippen molar-refractivity contribution in [2.24, 2.45) is 5.92 Å². The predicted octanol–water partition coefficient (Wildman–Crippen LogP) is 3.03. The fraction of sp³-hybridized carbons (Fsp3) is 1.00. The van der Waals surface area contributed by atoms with Gasteiger partial charge in [0.1, 0.15) is 0 Å². The summed E-state index contributed by atoms with van der Waals surface area (Å²) in [7, 11) is 0. The van der Waals surface area contributed by atoms with Crippen LogP contribution in [0.1, 0.15) is 58.8 Å². The highest BCUT2D eigenvalue weighted by Crippen LogP contribution is 2.29. The first-order valence-corrected chi connectivity index (χ1v) is 7.76. The zero-order chi connectivity index (χ0) is 12.1. The summed E-state index contributed by atoms with van der Waals surface area (Å²) in [6.45, 7) is 8.62. The fourth-order valence-electron chi connectivity index (χ4n) is 3.09. The van der Waals surface area contributed by atoms with Crippen LogP contribution < -0.4 is 5.32 Å². The van der Waals surface area contributed by atoms with E-state index in [0.29, 0.717) is 6.04 Å². The van der Waals surface area contributed by atoms with E-state index in [1.165, 1.54) is 64.6 Å². The molecule has 0 radical (unpaired) electrons. The highest BCUT2D eigenvalue weighted by Gasteiger charge is 2.20. The highest BCUT2D eigenvalue weighted by atomic mass is 15.1. The molecule has 1 aliphatic carbocycles. The van der Waals surface area contributed by atoms with Crippen LogP contribution in [0.3, 0.4) is 0 Å². The SMILES string of the molecule is CCC1CCN(CCC2CCC2)CCC(C)N1. The van der Waals surface area contributed by atoms with Gasteiger partial charge in [0.2, 0.25) is 0 Å². The molecule has 0 aromatic rings. The van der Waals surface area contributed by atoms with E-state index in [1.807, 2.05) is 0 Å². The predicted molar refractivity (Wildman–Crippen MR) is 74.3 cm³/mol. The van der Waals surface area contributed by atoms with Crippen LogP contribution >= 0.6 is 0 Å². The average molecular weight is 238 g/mol. The lowest BCUT2D eigenvalue weighted by Gasteiger charge is -2.34. The van der Waals surface area contributed by atoms with E-state index in [1.54, 1.807) is 0 Å². The Morgan fingerprint density at radius 3 is 2.53 bits per heavy atom. The Hall–Kier alpha value is -0.0800. The van der Waals surface area contributed by atoms with E-state index in [0.717, 1.165) is 12.0 Å².